The van der Waals surface area contributed by atoms with Crippen molar-refractivity contribution in [2.24, 2.45) is 5.92 Å². The van der Waals surface area contributed by atoms with Gasteiger partial charge in [0.05, 0.1) is 19.4 Å². The molecule has 1 unspecified atom stereocenters. The number of ether oxygens (including phenoxy) is 2. The molecule has 4 rings (SSSR count). The number of carbonyl (C=O) groups excluding carboxylic acids is 1. The second-order valence-corrected chi connectivity index (χ2v) is 7.34. The van der Waals surface area contributed by atoms with Crippen LogP contribution in [0.25, 0.3) is 0 Å². The van der Waals surface area contributed by atoms with E-state index in [4.69, 9.17) is 9.47 Å². The molecule has 2 aliphatic rings. The summed E-state index contributed by atoms with van der Waals surface area (Å²) in [7, 11) is 0. The minimum absolute atomic E-state index is 0.0934. The van der Waals surface area contributed by atoms with Gasteiger partial charge in [-0.3, -0.25) is 9.48 Å². The van der Waals surface area contributed by atoms with E-state index in [1.807, 2.05) is 40.0 Å². The first-order chi connectivity index (χ1) is 13.3. The highest BCUT2D eigenvalue weighted by Gasteiger charge is 2.25. The van der Waals surface area contributed by atoms with Crippen LogP contribution in [0.1, 0.15) is 36.0 Å². The Morgan fingerprint density at radius 2 is 2.00 bits per heavy atom. The standard InChI is InChI=1S/C20H26N4O3/c25-20(23-10-1-2-16(14-23)15-24-11-9-21-22-24)17-3-5-18(6-4-17)27-19-7-12-26-13-8-19/h3-6,9,11,16,19H,1-2,7-8,10,12-15H2. The third kappa shape index (κ3) is 4.66. The first-order valence-corrected chi connectivity index (χ1v) is 9.76. The minimum atomic E-state index is 0.0934. The lowest BCUT2D eigenvalue weighted by Crippen LogP contribution is -2.41. The van der Waals surface area contributed by atoms with Crippen LogP contribution in [-0.4, -0.2) is 58.2 Å². The summed E-state index contributed by atoms with van der Waals surface area (Å²) in [6.45, 7) is 3.89. The number of aromatic nitrogens is 3. The maximum absolute atomic E-state index is 12.9. The summed E-state index contributed by atoms with van der Waals surface area (Å²) < 4.78 is 13.2. The summed E-state index contributed by atoms with van der Waals surface area (Å²) >= 11 is 0. The fraction of sp³-hybridized carbons (Fsp3) is 0.550. The molecule has 144 valence electrons. The van der Waals surface area contributed by atoms with Crippen LogP contribution < -0.4 is 4.74 Å². The lowest BCUT2D eigenvalue weighted by atomic mass is 9.97. The molecule has 1 aromatic heterocycles. The van der Waals surface area contributed by atoms with Crippen molar-refractivity contribution in [3.05, 3.63) is 42.2 Å². The Balaban J connectivity index is 1.34. The molecule has 2 aliphatic heterocycles. The van der Waals surface area contributed by atoms with Crippen molar-refractivity contribution in [3.8, 4) is 5.75 Å². The van der Waals surface area contributed by atoms with Gasteiger partial charge >= 0.3 is 0 Å². The van der Waals surface area contributed by atoms with E-state index in [1.165, 1.54) is 0 Å². The molecule has 0 N–H and O–H groups in total. The summed E-state index contributed by atoms with van der Waals surface area (Å²) in [6, 6.07) is 7.55. The van der Waals surface area contributed by atoms with Crippen LogP contribution in [0.4, 0.5) is 0 Å². The lowest BCUT2D eigenvalue weighted by molar-refractivity contribution is 0.0255. The van der Waals surface area contributed by atoms with Crippen molar-refractivity contribution < 1.29 is 14.3 Å². The van der Waals surface area contributed by atoms with E-state index in [0.717, 1.165) is 69.8 Å². The van der Waals surface area contributed by atoms with Crippen LogP contribution in [0.5, 0.6) is 5.75 Å². The minimum Gasteiger partial charge on any atom is -0.490 e. The van der Waals surface area contributed by atoms with Crippen molar-refractivity contribution in [2.45, 2.75) is 38.3 Å². The molecular weight excluding hydrogens is 344 g/mol. The topological polar surface area (TPSA) is 69.5 Å². The highest BCUT2D eigenvalue weighted by molar-refractivity contribution is 5.94. The summed E-state index contributed by atoms with van der Waals surface area (Å²) in [5.74, 6) is 1.33. The lowest BCUT2D eigenvalue weighted by Gasteiger charge is -2.32. The smallest absolute Gasteiger partial charge is 0.253 e. The van der Waals surface area contributed by atoms with Crippen molar-refractivity contribution >= 4 is 5.91 Å². The number of hydrogen-bond donors (Lipinski definition) is 0. The predicted molar refractivity (Wildman–Crippen MR) is 99.6 cm³/mol. The van der Waals surface area contributed by atoms with Crippen molar-refractivity contribution in [3.63, 3.8) is 0 Å². The van der Waals surface area contributed by atoms with E-state index in [9.17, 15) is 4.79 Å². The first kappa shape index (κ1) is 18.0. The van der Waals surface area contributed by atoms with Crippen LogP contribution in [0.2, 0.25) is 0 Å². The van der Waals surface area contributed by atoms with E-state index in [2.05, 4.69) is 10.3 Å². The van der Waals surface area contributed by atoms with Gasteiger partial charge in [0, 0.05) is 44.2 Å². The molecule has 0 bridgehead atoms. The molecule has 1 amide bonds. The third-order valence-electron chi connectivity index (χ3n) is 5.30. The van der Waals surface area contributed by atoms with Gasteiger partial charge in [0.2, 0.25) is 0 Å². The molecule has 1 atom stereocenters. The molecule has 0 spiro atoms. The molecule has 1 aromatic carbocycles. The SMILES string of the molecule is O=C(c1ccc(OC2CCOCC2)cc1)N1CCCC(Cn2ccnn2)C1. The zero-order valence-corrected chi connectivity index (χ0v) is 15.5. The zero-order chi connectivity index (χ0) is 18.5. The Morgan fingerprint density at radius 3 is 2.74 bits per heavy atom. The number of rotatable bonds is 5. The molecular formula is C20H26N4O3. The molecule has 2 fully saturated rings. The average Bonchev–Trinajstić information content (AvgIpc) is 3.22. The van der Waals surface area contributed by atoms with E-state index in [-0.39, 0.29) is 12.0 Å². The summed E-state index contributed by atoms with van der Waals surface area (Å²) in [5, 5.41) is 7.89. The van der Waals surface area contributed by atoms with Crippen LogP contribution in [-0.2, 0) is 11.3 Å². The van der Waals surface area contributed by atoms with Crippen LogP contribution in [0.3, 0.4) is 0 Å². The van der Waals surface area contributed by atoms with Gasteiger partial charge in [-0.2, -0.15) is 0 Å². The Morgan fingerprint density at radius 1 is 1.19 bits per heavy atom. The fourth-order valence-electron chi connectivity index (χ4n) is 3.84. The summed E-state index contributed by atoms with van der Waals surface area (Å²) in [5.41, 5.74) is 0.718. The molecule has 0 radical (unpaired) electrons. The summed E-state index contributed by atoms with van der Waals surface area (Å²) in [4.78, 5) is 14.8. The fourth-order valence-corrected chi connectivity index (χ4v) is 3.84. The van der Waals surface area contributed by atoms with Gasteiger partial charge in [-0.1, -0.05) is 5.21 Å². The molecule has 27 heavy (non-hydrogen) atoms. The monoisotopic (exact) mass is 370 g/mol. The van der Waals surface area contributed by atoms with Gasteiger partial charge in [-0.05, 0) is 43.0 Å². The van der Waals surface area contributed by atoms with Crippen molar-refractivity contribution in [1.82, 2.24) is 19.9 Å². The highest BCUT2D eigenvalue weighted by atomic mass is 16.5. The van der Waals surface area contributed by atoms with E-state index >= 15 is 0 Å². The molecule has 2 aromatic rings. The maximum atomic E-state index is 12.9. The maximum Gasteiger partial charge on any atom is 0.253 e. The van der Waals surface area contributed by atoms with Gasteiger partial charge in [-0.15, -0.1) is 5.10 Å². The molecule has 7 nitrogen and oxygen atoms in total. The van der Waals surface area contributed by atoms with Crippen LogP contribution >= 0.6 is 0 Å². The Kier molecular flexibility index (Phi) is 5.67. The van der Waals surface area contributed by atoms with E-state index in [1.54, 1.807) is 6.20 Å². The van der Waals surface area contributed by atoms with Gasteiger partial charge in [0.15, 0.2) is 0 Å². The Labute approximate surface area is 159 Å². The van der Waals surface area contributed by atoms with E-state index < -0.39 is 0 Å². The van der Waals surface area contributed by atoms with Gasteiger partial charge in [0.25, 0.3) is 5.91 Å². The number of likely N-dealkylation sites (tertiary alicyclic amines) is 1. The number of amides is 1. The molecule has 2 saturated heterocycles. The van der Waals surface area contributed by atoms with Gasteiger partial charge in [-0.25, -0.2) is 0 Å². The quantitative estimate of drug-likeness (QED) is 0.808. The second-order valence-electron chi connectivity index (χ2n) is 7.34. The molecule has 0 saturated carbocycles. The van der Waals surface area contributed by atoms with Crippen LogP contribution in [0, 0.1) is 5.92 Å². The normalized spacial score (nSPS) is 21.2. The number of nitrogens with zero attached hydrogens (tertiary/aromatic N) is 4. The molecule has 7 heteroatoms. The Bertz CT molecular complexity index is 726. The first-order valence-electron chi connectivity index (χ1n) is 9.76. The third-order valence-corrected chi connectivity index (χ3v) is 5.30. The van der Waals surface area contributed by atoms with Crippen molar-refractivity contribution in [2.75, 3.05) is 26.3 Å². The Hall–Kier alpha value is -2.41. The zero-order valence-electron chi connectivity index (χ0n) is 15.5. The van der Waals surface area contributed by atoms with Crippen LogP contribution in [0.15, 0.2) is 36.7 Å². The van der Waals surface area contributed by atoms with Gasteiger partial charge < -0.3 is 14.4 Å². The van der Waals surface area contributed by atoms with E-state index in [0.29, 0.717) is 5.92 Å². The van der Waals surface area contributed by atoms with Crippen molar-refractivity contribution in [1.29, 1.82) is 0 Å². The number of carbonyl (C=O) groups is 1. The summed E-state index contributed by atoms with van der Waals surface area (Å²) in [6.07, 6.45) is 7.74. The highest BCUT2D eigenvalue weighted by Crippen LogP contribution is 2.22. The average molecular weight is 370 g/mol. The number of hydrogen-bond acceptors (Lipinski definition) is 5. The number of piperidine rings is 1. The molecule has 3 heterocycles. The second kappa shape index (κ2) is 8.52. The van der Waals surface area contributed by atoms with Gasteiger partial charge in [0.1, 0.15) is 11.9 Å². The number of benzene rings is 1. The largest absolute Gasteiger partial charge is 0.490 e. The predicted octanol–water partition coefficient (Wildman–Crippen LogP) is 2.39. The molecule has 0 aliphatic carbocycles.